The van der Waals surface area contributed by atoms with Gasteiger partial charge in [-0.25, -0.2) is 4.39 Å². The van der Waals surface area contributed by atoms with Crippen LogP contribution in [0.1, 0.15) is 17.0 Å². The van der Waals surface area contributed by atoms with Gasteiger partial charge in [-0.2, -0.15) is 14.9 Å². The fourth-order valence-electron chi connectivity index (χ4n) is 2.56. The van der Waals surface area contributed by atoms with Crippen molar-refractivity contribution in [3.8, 4) is 0 Å². The summed E-state index contributed by atoms with van der Waals surface area (Å²) in [6.45, 7) is 0.680. The summed E-state index contributed by atoms with van der Waals surface area (Å²) in [5, 5.41) is 20.4. The first-order chi connectivity index (χ1) is 13.1. The molecule has 0 atom stereocenters. The molecule has 2 aromatic carbocycles. The minimum Gasteiger partial charge on any atom is -0.395 e. The zero-order valence-corrected chi connectivity index (χ0v) is 15.7. The molecule has 0 spiro atoms. The van der Waals surface area contributed by atoms with Gasteiger partial charge in [0.15, 0.2) is 5.82 Å². The van der Waals surface area contributed by atoms with E-state index < -0.39 is 0 Å². The number of aliphatic hydroxyl groups is 1. The second-order valence-corrected chi connectivity index (χ2v) is 6.43. The molecular weight excluding hydrogens is 365 g/mol. The third-order valence-corrected chi connectivity index (χ3v) is 4.35. The first-order valence-corrected chi connectivity index (χ1v) is 8.85. The molecule has 0 amide bonds. The number of aromatic amines is 1. The van der Waals surface area contributed by atoms with Gasteiger partial charge in [-0.15, -0.1) is 0 Å². The van der Waals surface area contributed by atoms with E-state index in [9.17, 15) is 4.39 Å². The number of nitrogens with one attached hydrogen (secondary N) is 1. The van der Waals surface area contributed by atoms with Crippen molar-refractivity contribution >= 4 is 24.1 Å². The highest BCUT2D eigenvalue weighted by Crippen LogP contribution is 2.13. The Bertz CT molecular complexity index is 963. The molecule has 8 heteroatoms. The number of aliphatic hydroxyl groups excluding tert-OH is 1. The maximum absolute atomic E-state index is 13.1. The quantitative estimate of drug-likeness (QED) is 0.485. The van der Waals surface area contributed by atoms with E-state index >= 15 is 0 Å². The summed E-state index contributed by atoms with van der Waals surface area (Å²) in [7, 11) is 1.92. The van der Waals surface area contributed by atoms with E-state index in [1.807, 2.05) is 36.2 Å². The number of H-pyrrole nitrogens is 1. The van der Waals surface area contributed by atoms with Crippen LogP contribution in [0.5, 0.6) is 0 Å². The molecule has 3 aromatic rings. The zero-order chi connectivity index (χ0) is 19.2. The molecule has 2 N–H and O–H groups in total. The number of likely N-dealkylation sites (N-methyl/N-ethyl adjacent to an activating group) is 1. The minimum absolute atomic E-state index is 0.106. The molecule has 1 aromatic heterocycles. The third-order valence-electron chi connectivity index (χ3n) is 4.08. The Labute approximate surface area is 161 Å². The molecule has 140 valence electrons. The molecule has 0 bridgehead atoms. The Kier molecular flexibility index (Phi) is 6.10. The standard InChI is InChI=1S/C19H20FN5OS/c1-24(10-11-26)17-8-4-15(5-9-17)13-21-25-18(22-23-19(25)27)12-14-2-6-16(20)7-3-14/h2-9,13,26H,10-12H2,1H3,(H,23,27)/b21-13-. The molecule has 0 aliphatic heterocycles. The lowest BCUT2D eigenvalue weighted by molar-refractivity contribution is 0.304. The van der Waals surface area contributed by atoms with E-state index in [0.29, 0.717) is 23.6 Å². The van der Waals surface area contributed by atoms with Crippen LogP contribution in [-0.2, 0) is 6.42 Å². The molecule has 0 fully saturated rings. The Morgan fingerprint density at radius 3 is 2.59 bits per heavy atom. The number of aromatic nitrogens is 3. The van der Waals surface area contributed by atoms with Gasteiger partial charge in [0.1, 0.15) is 5.82 Å². The average Bonchev–Trinajstić information content (AvgIpc) is 3.02. The number of hydrogen-bond acceptors (Lipinski definition) is 5. The van der Waals surface area contributed by atoms with Crippen LogP contribution in [0.25, 0.3) is 0 Å². The summed E-state index contributed by atoms with van der Waals surface area (Å²) < 4.78 is 15.0. The Hall–Kier alpha value is -2.84. The maximum Gasteiger partial charge on any atom is 0.216 e. The van der Waals surface area contributed by atoms with Crippen LogP contribution in [-0.4, -0.2) is 46.4 Å². The minimum atomic E-state index is -0.274. The molecule has 6 nitrogen and oxygen atoms in total. The SMILES string of the molecule is CN(CCO)c1ccc(/C=N\n2c(Cc3ccc(F)cc3)n[nH]c2=S)cc1. The number of nitrogens with zero attached hydrogens (tertiary/aromatic N) is 4. The van der Waals surface area contributed by atoms with Crippen molar-refractivity contribution in [1.82, 2.24) is 14.9 Å². The zero-order valence-electron chi connectivity index (χ0n) is 14.8. The molecule has 0 saturated heterocycles. The second kappa shape index (κ2) is 8.70. The molecule has 0 aliphatic carbocycles. The molecule has 3 rings (SSSR count). The molecule has 0 aliphatic rings. The highest BCUT2D eigenvalue weighted by atomic mass is 32.1. The topological polar surface area (TPSA) is 69.4 Å². The third kappa shape index (κ3) is 4.87. The highest BCUT2D eigenvalue weighted by Gasteiger charge is 2.07. The normalized spacial score (nSPS) is 11.2. The van der Waals surface area contributed by atoms with Crippen molar-refractivity contribution in [2.45, 2.75) is 6.42 Å². The summed E-state index contributed by atoms with van der Waals surface area (Å²) in [6, 6.07) is 14.1. The van der Waals surface area contributed by atoms with E-state index in [1.165, 1.54) is 12.1 Å². The number of hydrogen-bond donors (Lipinski definition) is 2. The number of rotatable bonds is 7. The molecular formula is C19H20FN5OS. The van der Waals surface area contributed by atoms with Gasteiger partial charge in [0, 0.05) is 25.7 Å². The van der Waals surface area contributed by atoms with E-state index in [4.69, 9.17) is 17.3 Å². The summed E-state index contributed by atoms with van der Waals surface area (Å²) in [6.07, 6.45) is 2.19. The summed E-state index contributed by atoms with van der Waals surface area (Å²) >= 11 is 5.25. The lowest BCUT2D eigenvalue weighted by Crippen LogP contribution is -2.20. The smallest absolute Gasteiger partial charge is 0.216 e. The summed E-state index contributed by atoms with van der Waals surface area (Å²) in [5.41, 5.74) is 2.84. The van der Waals surface area contributed by atoms with Gasteiger partial charge in [0.2, 0.25) is 4.77 Å². The number of halogens is 1. The van der Waals surface area contributed by atoms with Crippen LogP contribution in [0.4, 0.5) is 10.1 Å². The number of benzene rings is 2. The molecule has 0 unspecified atom stereocenters. The Balaban J connectivity index is 1.76. The second-order valence-electron chi connectivity index (χ2n) is 6.04. The van der Waals surface area contributed by atoms with Crippen molar-refractivity contribution in [1.29, 1.82) is 0 Å². The monoisotopic (exact) mass is 385 g/mol. The van der Waals surface area contributed by atoms with Gasteiger partial charge >= 0.3 is 0 Å². The van der Waals surface area contributed by atoms with Gasteiger partial charge in [-0.3, -0.25) is 5.10 Å². The maximum atomic E-state index is 13.1. The van der Waals surface area contributed by atoms with Gasteiger partial charge in [0.25, 0.3) is 0 Å². The predicted molar refractivity (Wildman–Crippen MR) is 106 cm³/mol. The van der Waals surface area contributed by atoms with Crippen LogP contribution >= 0.6 is 12.2 Å². The van der Waals surface area contributed by atoms with Gasteiger partial charge in [0.05, 0.1) is 12.8 Å². The van der Waals surface area contributed by atoms with E-state index in [1.54, 1.807) is 23.0 Å². The first kappa shape index (κ1) is 18.9. The van der Waals surface area contributed by atoms with Crippen LogP contribution in [0, 0.1) is 10.6 Å². The molecule has 0 saturated carbocycles. The van der Waals surface area contributed by atoms with Crippen molar-refractivity contribution in [3.05, 3.63) is 76.1 Å². The van der Waals surface area contributed by atoms with E-state index in [0.717, 1.165) is 16.8 Å². The van der Waals surface area contributed by atoms with Crippen molar-refractivity contribution in [2.75, 3.05) is 25.1 Å². The predicted octanol–water partition coefficient (Wildman–Crippen LogP) is 2.98. The fraction of sp³-hybridized carbons (Fsp3) is 0.211. The highest BCUT2D eigenvalue weighted by molar-refractivity contribution is 7.71. The van der Waals surface area contributed by atoms with E-state index in [2.05, 4.69) is 15.3 Å². The fourth-order valence-corrected chi connectivity index (χ4v) is 2.76. The van der Waals surface area contributed by atoms with Gasteiger partial charge in [-0.05, 0) is 47.6 Å². The number of anilines is 1. The van der Waals surface area contributed by atoms with Crippen molar-refractivity contribution in [2.24, 2.45) is 5.10 Å². The Morgan fingerprint density at radius 2 is 1.93 bits per heavy atom. The lowest BCUT2D eigenvalue weighted by Gasteiger charge is -2.17. The largest absolute Gasteiger partial charge is 0.395 e. The molecule has 1 heterocycles. The van der Waals surface area contributed by atoms with E-state index in [-0.39, 0.29) is 12.4 Å². The van der Waals surface area contributed by atoms with Crippen LogP contribution < -0.4 is 4.90 Å². The van der Waals surface area contributed by atoms with Crippen LogP contribution in [0.2, 0.25) is 0 Å². The molecule has 27 heavy (non-hydrogen) atoms. The average molecular weight is 385 g/mol. The summed E-state index contributed by atoms with van der Waals surface area (Å²) in [5.74, 6) is 0.367. The lowest BCUT2D eigenvalue weighted by atomic mass is 10.1. The van der Waals surface area contributed by atoms with Crippen LogP contribution in [0.3, 0.4) is 0 Å². The van der Waals surface area contributed by atoms with Crippen molar-refractivity contribution in [3.63, 3.8) is 0 Å². The summed E-state index contributed by atoms with van der Waals surface area (Å²) in [4.78, 5) is 1.97. The van der Waals surface area contributed by atoms with Gasteiger partial charge < -0.3 is 10.0 Å². The van der Waals surface area contributed by atoms with Gasteiger partial charge in [-0.1, -0.05) is 24.3 Å². The molecule has 0 radical (unpaired) electrons. The van der Waals surface area contributed by atoms with Crippen LogP contribution in [0.15, 0.2) is 53.6 Å². The Morgan fingerprint density at radius 1 is 1.22 bits per heavy atom. The van der Waals surface area contributed by atoms with Crippen molar-refractivity contribution < 1.29 is 9.50 Å². The first-order valence-electron chi connectivity index (χ1n) is 8.44.